The number of esters is 1. The molecule has 1 unspecified atom stereocenters. The Bertz CT molecular complexity index is 404. The van der Waals surface area contributed by atoms with E-state index in [1.54, 1.807) is 0 Å². The first-order valence-electron chi connectivity index (χ1n) is 6.20. The van der Waals surface area contributed by atoms with Crippen LogP contribution in [-0.2, 0) is 9.53 Å². The fourth-order valence-corrected chi connectivity index (χ4v) is 1.54. The molecule has 0 saturated carbocycles. The van der Waals surface area contributed by atoms with E-state index in [0.717, 1.165) is 12.8 Å². The SMILES string of the molecule is COC(=O)C=CCCC(C)C=Cc1ccccc1. The number of methoxy groups -OCH3 is 1. The standard InChI is InChI=1S/C16H20O2/c1-14(8-6-7-11-16(17)18-2)12-13-15-9-4-3-5-10-15/h3-5,7,9-14H,6,8H2,1-2H3. The molecule has 18 heavy (non-hydrogen) atoms. The van der Waals surface area contributed by atoms with Gasteiger partial charge in [-0.25, -0.2) is 4.79 Å². The van der Waals surface area contributed by atoms with Gasteiger partial charge in [0.25, 0.3) is 0 Å². The highest BCUT2D eigenvalue weighted by atomic mass is 16.5. The van der Waals surface area contributed by atoms with E-state index in [-0.39, 0.29) is 5.97 Å². The average Bonchev–Trinajstić information content (AvgIpc) is 2.42. The lowest BCUT2D eigenvalue weighted by molar-refractivity contribution is -0.134. The summed E-state index contributed by atoms with van der Waals surface area (Å²) in [5.74, 6) is 0.204. The molecule has 0 amide bonds. The van der Waals surface area contributed by atoms with E-state index in [1.165, 1.54) is 18.7 Å². The van der Waals surface area contributed by atoms with Crippen LogP contribution >= 0.6 is 0 Å². The van der Waals surface area contributed by atoms with Crippen LogP contribution in [0.3, 0.4) is 0 Å². The minimum Gasteiger partial charge on any atom is -0.466 e. The Balaban J connectivity index is 2.30. The van der Waals surface area contributed by atoms with E-state index in [2.05, 4.69) is 35.9 Å². The Morgan fingerprint density at radius 3 is 2.72 bits per heavy atom. The molecule has 0 aromatic heterocycles. The number of allylic oxidation sites excluding steroid dienone is 2. The molecule has 0 heterocycles. The van der Waals surface area contributed by atoms with Crippen LogP contribution in [0.2, 0.25) is 0 Å². The largest absolute Gasteiger partial charge is 0.466 e. The summed E-state index contributed by atoms with van der Waals surface area (Å²) in [6, 6.07) is 10.2. The third-order valence-corrected chi connectivity index (χ3v) is 2.66. The zero-order valence-corrected chi connectivity index (χ0v) is 11.0. The van der Waals surface area contributed by atoms with E-state index in [4.69, 9.17) is 0 Å². The van der Waals surface area contributed by atoms with Gasteiger partial charge >= 0.3 is 5.97 Å². The third kappa shape index (κ3) is 6.04. The van der Waals surface area contributed by atoms with Crippen LogP contribution in [0, 0.1) is 5.92 Å². The molecule has 0 N–H and O–H groups in total. The Labute approximate surface area is 109 Å². The Morgan fingerprint density at radius 1 is 1.33 bits per heavy atom. The van der Waals surface area contributed by atoms with E-state index in [9.17, 15) is 4.79 Å². The number of hydrogen-bond acceptors (Lipinski definition) is 2. The van der Waals surface area contributed by atoms with Crippen LogP contribution in [-0.4, -0.2) is 13.1 Å². The summed E-state index contributed by atoms with van der Waals surface area (Å²) >= 11 is 0. The Hall–Kier alpha value is -1.83. The van der Waals surface area contributed by atoms with Crippen LogP contribution in [0.25, 0.3) is 6.08 Å². The summed E-state index contributed by atoms with van der Waals surface area (Å²) in [4.78, 5) is 10.8. The van der Waals surface area contributed by atoms with Gasteiger partial charge in [0.2, 0.25) is 0 Å². The van der Waals surface area contributed by atoms with Gasteiger partial charge in [-0.1, -0.05) is 55.5 Å². The summed E-state index contributed by atoms with van der Waals surface area (Å²) < 4.78 is 4.52. The van der Waals surface area contributed by atoms with Gasteiger partial charge in [-0.3, -0.25) is 0 Å². The molecule has 0 aliphatic rings. The molecule has 0 aliphatic heterocycles. The van der Waals surface area contributed by atoms with Crippen molar-refractivity contribution in [3.8, 4) is 0 Å². The second kappa shape index (κ2) is 8.29. The maximum absolute atomic E-state index is 10.8. The van der Waals surface area contributed by atoms with Crippen molar-refractivity contribution in [1.29, 1.82) is 0 Å². The van der Waals surface area contributed by atoms with Gasteiger partial charge in [-0.2, -0.15) is 0 Å². The summed E-state index contributed by atoms with van der Waals surface area (Å²) in [6.07, 6.45) is 9.58. The van der Waals surface area contributed by atoms with Crippen LogP contribution in [0.15, 0.2) is 48.6 Å². The second-order valence-electron chi connectivity index (χ2n) is 4.25. The topological polar surface area (TPSA) is 26.3 Å². The van der Waals surface area contributed by atoms with Crippen LogP contribution in [0.1, 0.15) is 25.3 Å². The maximum Gasteiger partial charge on any atom is 0.330 e. The molecule has 0 spiro atoms. The summed E-state index contributed by atoms with van der Waals surface area (Å²) in [5.41, 5.74) is 1.22. The predicted octanol–water partition coefficient (Wildman–Crippen LogP) is 3.85. The lowest BCUT2D eigenvalue weighted by Gasteiger charge is -2.03. The predicted molar refractivity (Wildman–Crippen MR) is 75.0 cm³/mol. The quantitative estimate of drug-likeness (QED) is 0.561. The summed E-state index contributed by atoms with van der Waals surface area (Å²) in [6.45, 7) is 2.17. The van der Waals surface area contributed by atoms with Crippen LogP contribution < -0.4 is 0 Å². The number of hydrogen-bond donors (Lipinski definition) is 0. The second-order valence-corrected chi connectivity index (χ2v) is 4.25. The van der Waals surface area contributed by atoms with Crippen LogP contribution in [0.4, 0.5) is 0 Å². The van der Waals surface area contributed by atoms with E-state index >= 15 is 0 Å². The summed E-state index contributed by atoms with van der Waals surface area (Å²) in [7, 11) is 1.39. The molecular weight excluding hydrogens is 224 g/mol. The Morgan fingerprint density at radius 2 is 2.06 bits per heavy atom. The average molecular weight is 244 g/mol. The van der Waals surface area contributed by atoms with Gasteiger partial charge in [0, 0.05) is 6.08 Å². The first-order chi connectivity index (χ1) is 8.72. The molecular formula is C16H20O2. The lowest BCUT2D eigenvalue weighted by Crippen LogP contribution is -1.94. The fraction of sp³-hybridized carbons (Fsp3) is 0.312. The van der Waals surface area contributed by atoms with Crippen molar-refractivity contribution in [2.75, 3.05) is 7.11 Å². The lowest BCUT2D eigenvalue weighted by atomic mass is 10.0. The minimum absolute atomic E-state index is 0.289. The van der Waals surface area contributed by atoms with Gasteiger partial charge < -0.3 is 4.74 Å². The van der Waals surface area contributed by atoms with Crippen molar-refractivity contribution >= 4 is 12.0 Å². The molecule has 0 fully saturated rings. The molecule has 96 valence electrons. The molecule has 2 nitrogen and oxygen atoms in total. The van der Waals surface area contributed by atoms with Gasteiger partial charge in [0.05, 0.1) is 7.11 Å². The highest BCUT2D eigenvalue weighted by Crippen LogP contribution is 2.11. The van der Waals surface area contributed by atoms with Crippen molar-refractivity contribution < 1.29 is 9.53 Å². The highest BCUT2D eigenvalue weighted by Gasteiger charge is 1.96. The third-order valence-electron chi connectivity index (χ3n) is 2.66. The molecule has 0 aliphatic carbocycles. The summed E-state index contributed by atoms with van der Waals surface area (Å²) in [5, 5.41) is 0. The number of rotatable bonds is 6. The maximum atomic E-state index is 10.8. The van der Waals surface area contributed by atoms with Crippen LogP contribution in [0.5, 0.6) is 0 Å². The molecule has 2 heteroatoms. The molecule has 1 aromatic carbocycles. The minimum atomic E-state index is -0.289. The number of carbonyl (C=O) groups excluding carboxylic acids is 1. The normalized spacial score (nSPS) is 13.0. The monoisotopic (exact) mass is 244 g/mol. The number of ether oxygens (including phenoxy) is 1. The van der Waals surface area contributed by atoms with Gasteiger partial charge in [0.15, 0.2) is 0 Å². The first-order valence-corrected chi connectivity index (χ1v) is 6.20. The van der Waals surface area contributed by atoms with E-state index < -0.39 is 0 Å². The molecule has 0 bridgehead atoms. The molecule has 1 aromatic rings. The number of carbonyl (C=O) groups is 1. The van der Waals surface area contributed by atoms with E-state index in [1.807, 2.05) is 24.3 Å². The molecule has 1 atom stereocenters. The van der Waals surface area contributed by atoms with Gasteiger partial charge in [-0.15, -0.1) is 0 Å². The van der Waals surface area contributed by atoms with Crippen molar-refractivity contribution in [1.82, 2.24) is 0 Å². The Kier molecular flexibility index (Phi) is 6.55. The number of benzene rings is 1. The fourth-order valence-electron chi connectivity index (χ4n) is 1.54. The van der Waals surface area contributed by atoms with Crippen molar-refractivity contribution in [2.24, 2.45) is 5.92 Å². The zero-order valence-electron chi connectivity index (χ0n) is 11.0. The van der Waals surface area contributed by atoms with Crippen molar-refractivity contribution in [3.63, 3.8) is 0 Å². The molecule has 0 radical (unpaired) electrons. The zero-order chi connectivity index (χ0) is 13.2. The molecule has 1 rings (SSSR count). The highest BCUT2D eigenvalue weighted by molar-refractivity contribution is 5.81. The molecule has 0 saturated heterocycles. The van der Waals surface area contributed by atoms with E-state index in [0.29, 0.717) is 5.92 Å². The van der Waals surface area contributed by atoms with Crippen molar-refractivity contribution in [2.45, 2.75) is 19.8 Å². The smallest absolute Gasteiger partial charge is 0.330 e. The van der Waals surface area contributed by atoms with Crippen molar-refractivity contribution in [3.05, 3.63) is 54.1 Å². The van der Waals surface area contributed by atoms with Gasteiger partial charge in [-0.05, 0) is 24.3 Å². The van der Waals surface area contributed by atoms with Gasteiger partial charge in [0.1, 0.15) is 0 Å². The first kappa shape index (κ1) is 14.2.